The van der Waals surface area contributed by atoms with Crippen molar-refractivity contribution < 1.29 is 0 Å². The molecule has 0 saturated carbocycles. The summed E-state index contributed by atoms with van der Waals surface area (Å²) in [5.41, 5.74) is 1.50. The van der Waals surface area contributed by atoms with Gasteiger partial charge in [-0.3, -0.25) is 4.90 Å². The highest BCUT2D eigenvalue weighted by Gasteiger charge is 2.28. The molecule has 1 N–H and O–H groups in total. The number of hydrogen-bond donors (Lipinski definition) is 1. The van der Waals surface area contributed by atoms with Gasteiger partial charge in [-0.2, -0.15) is 0 Å². The van der Waals surface area contributed by atoms with Crippen molar-refractivity contribution in [3.8, 4) is 0 Å². The van der Waals surface area contributed by atoms with Gasteiger partial charge in [-0.25, -0.2) is 0 Å². The monoisotopic (exact) mass is 246 g/mol. The van der Waals surface area contributed by atoms with E-state index < -0.39 is 0 Å². The first-order chi connectivity index (χ1) is 8.72. The molecule has 100 valence electrons. The highest BCUT2D eigenvalue weighted by molar-refractivity contribution is 5.21. The summed E-state index contributed by atoms with van der Waals surface area (Å²) in [6.07, 6.45) is 1.30. The first-order valence-corrected chi connectivity index (χ1v) is 7.24. The molecule has 1 aliphatic rings. The van der Waals surface area contributed by atoms with Crippen LogP contribution in [0.4, 0.5) is 0 Å². The molecule has 1 aromatic carbocycles. The zero-order valence-corrected chi connectivity index (χ0v) is 11.9. The van der Waals surface area contributed by atoms with Gasteiger partial charge in [0.15, 0.2) is 0 Å². The van der Waals surface area contributed by atoms with Crippen LogP contribution in [0.15, 0.2) is 30.3 Å². The number of benzene rings is 1. The largest absolute Gasteiger partial charge is 0.313 e. The lowest BCUT2D eigenvalue weighted by Gasteiger charge is -2.30. The number of likely N-dealkylation sites (N-methyl/N-ethyl adjacent to an activating group) is 1. The van der Waals surface area contributed by atoms with Gasteiger partial charge < -0.3 is 5.32 Å². The van der Waals surface area contributed by atoms with Crippen molar-refractivity contribution in [2.75, 3.05) is 19.6 Å². The smallest absolute Gasteiger partial charge is 0.0218 e. The molecule has 18 heavy (non-hydrogen) atoms. The molecule has 1 aliphatic heterocycles. The normalized spacial score (nSPS) is 24.1. The number of nitrogens with zero attached hydrogens (tertiary/aromatic N) is 1. The maximum absolute atomic E-state index is 3.54. The van der Waals surface area contributed by atoms with E-state index in [1.807, 2.05) is 0 Å². The topological polar surface area (TPSA) is 15.3 Å². The lowest BCUT2D eigenvalue weighted by atomic mass is 9.99. The molecule has 1 saturated heterocycles. The number of hydrogen-bond acceptors (Lipinski definition) is 2. The Kier molecular flexibility index (Phi) is 4.79. The third-order valence-electron chi connectivity index (χ3n) is 4.32. The summed E-state index contributed by atoms with van der Waals surface area (Å²) in [5, 5.41) is 3.54. The van der Waals surface area contributed by atoms with E-state index in [1.165, 1.54) is 25.1 Å². The highest BCUT2D eigenvalue weighted by Crippen LogP contribution is 2.28. The Labute approximate surface area is 111 Å². The van der Waals surface area contributed by atoms with Gasteiger partial charge in [0.05, 0.1) is 0 Å². The molecule has 0 radical (unpaired) electrons. The van der Waals surface area contributed by atoms with Crippen molar-refractivity contribution in [3.05, 3.63) is 35.9 Å². The van der Waals surface area contributed by atoms with Crippen molar-refractivity contribution in [2.24, 2.45) is 0 Å². The maximum Gasteiger partial charge on any atom is 0.0218 e. The van der Waals surface area contributed by atoms with E-state index in [0.29, 0.717) is 12.1 Å². The van der Waals surface area contributed by atoms with E-state index in [1.54, 1.807) is 0 Å². The number of rotatable bonds is 5. The van der Waals surface area contributed by atoms with Gasteiger partial charge in [0, 0.05) is 18.6 Å². The van der Waals surface area contributed by atoms with E-state index >= 15 is 0 Å². The first-order valence-electron chi connectivity index (χ1n) is 7.24. The molecule has 1 aromatic rings. The molecule has 1 fully saturated rings. The quantitative estimate of drug-likeness (QED) is 0.859. The lowest BCUT2D eigenvalue weighted by molar-refractivity contribution is 0.212. The summed E-state index contributed by atoms with van der Waals surface area (Å²) < 4.78 is 0. The second-order valence-corrected chi connectivity index (χ2v) is 5.48. The molecule has 0 aromatic heterocycles. The van der Waals surface area contributed by atoms with E-state index in [-0.39, 0.29) is 0 Å². The van der Waals surface area contributed by atoms with Crippen molar-refractivity contribution in [1.82, 2.24) is 10.2 Å². The molecule has 2 rings (SSSR count). The molecular formula is C16H26N2. The minimum Gasteiger partial charge on any atom is -0.313 e. The van der Waals surface area contributed by atoms with Gasteiger partial charge in [-0.1, -0.05) is 37.3 Å². The third kappa shape index (κ3) is 3.12. The van der Waals surface area contributed by atoms with Gasteiger partial charge in [0.2, 0.25) is 0 Å². The van der Waals surface area contributed by atoms with Crippen LogP contribution < -0.4 is 5.32 Å². The summed E-state index contributed by atoms with van der Waals surface area (Å²) in [5.74, 6) is 0.725. The van der Waals surface area contributed by atoms with Gasteiger partial charge in [0.25, 0.3) is 0 Å². The van der Waals surface area contributed by atoms with Crippen molar-refractivity contribution in [1.29, 1.82) is 0 Å². The van der Waals surface area contributed by atoms with Crippen LogP contribution in [0.1, 0.15) is 38.7 Å². The molecule has 2 heteroatoms. The van der Waals surface area contributed by atoms with Gasteiger partial charge in [-0.05, 0) is 44.8 Å². The first kappa shape index (κ1) is 13.6. The average molecular weight is 246 g/mol. The van der Waals surface area contributed by atoms with E-state index in [4.69, 9.17) is 0 Å². The fourth-order valence-corrected chi connectivity index (χ4v) is 2.96. The predicted molar refractivity (Wildman–Crippen MR) is 78.0 cm³/mol. The maximum atomic E-state index is 3.54. The van der Waals surface area contributed by atoms with Crippen molar-refractivity contribution in [3.63, 3.8) is 0 Å². The van der Waals surface area contributed by atoms with E-state index in [2.05, 4.69) is 61.3 Å². The van der Waals surface area contributed by atoms with Crippen molar-refractivity contribution in [2.45, 2.75) is 45.2 Å². The molecule has 3 atom stereocenters. The van der Waals surface area contributed by atoms with Gasteiger partial charge in [0.1, 0.15) is 0 Å². The van der Waals surface area contributed by atoms with Crippen LogP contribution in [0.25, 0.3) is 0 Å². The number of likely N-dealkylation sites (tertiary alicyclic amines) is 1. The van der Waals surface area contributed by atoms with Gasteiger partial charge in [-0.15, -0.1) is 0 Å². The van der Waals surface area contributed by atoms with Crippen LogP contribution in [-0.2, 0) is 0 Å². The van der Waals surface area contributed by atoms with Crippen LogP contribution in [0, 0.1) is 0 Å². The Morgan fingerprint density at radius 1 is 1.28 bits per heavy atom. The fraction of sp³-hybridized carbons (Fsp3) is 0.625. The summed E-state index contributed by atoms with van der Waals surface area (Å²) in [4.78, 5) is 2.63. The molecule has 0 bridgehead atoms. The third-order valence-corrected chi connectivity index (χ3v) is 4.32. The average Bonchev–Trinajstić information content (AvgIpc) is 2.89. The Bertz CT molecular complexity index is 349. The summed E-state index contributed by atoms with van der Waals surface area (Å²) >= 11 is 0. The fourth-order valence-electron chi connectivity index (χ4n) is 2.96. The Balaban J connectivity index is 1.92. The summed E-state index contributed by atoms with van der Waals surface area (Å²) in [6.45, 7) is 10.3. The molecule has 1 heterocycles. The zero-order chi connectivity index (χ0) is 13.0. The van der Waals surface area contributed by atoms with Gasteiger partial charge >= 0.3 is 0 Å². The molecule has 2 nitrogen and oxygen atoms in total. The highest BCUT2D eigenvalue weighted by atomic mass is 15.2. The lowest BCUT2D eigenvalue weighted by Crippen LogP contribution is -2.45. The molecule has 0 spiro atoms. The predicted octanol–water partition coefficient (Wildman–Crippen LogP) is 2.86. The molecule has 0 aliphatic carbocycles. The van der Waals surface area contributed by atoms with Crippen LogP contribution >= 0.6 is 0 Å². The van der Waals surface area contributed by atoms with E-state index in [0.717, 1.165) is 12.5 Å². The Hall–Kier alpha value is -0.860. The van der Waals surface area contributed by atoms with Crippen LogP contribution in [0.2, 0.25) is 0 Å². The molecule has 0 amide bonds. The SMILES string of the molecule is CCNC(C)C(C)N1CCC(c2ccccc2)C1. The van der Waals surface area contributed by atoms with Crippen LogP contribution in [-0.4, -0.2) is 36.6 Å². The Morgan fingerprint density at radius 2 is 2.00 bits per heavy atom. The summed E-state index contributed by atoms with van der Waals surface area (Å²) in [7, 11) is 0. The second kappa shape index (κ2) is 6.35. The summed E-state index contributed by atoms with van der Waals surface area (Å²) in [6, 6.07) is 12.2. The second-order valence-electron chi connectivity index (χ2n) is 5.48. The van der Waals surface area contributed by atoms with E-state index in [9.17, 15) is 0 Å². The van der Waals surface area contributed by atoms with Crippen LogP contribution in [0.3, 0.4) is 0 Å². The van der Waals surface area contributed by atoms with Crippen molar-refractivity contribution >= 4 is 0 Å². The minimum absolute atomic E-state index is 0.574. The molecule has 3 unspecified atom stereocenters. The number of nitrogens with one attached hydrogen (secondary N) is 1. The Morgan fingerprint density at radius 3 is 2.67 bits per heavy atom. The standard InChI is InChI=1S/C16H26N2/c1-4-17-13(2)14(3)18-11-10-16(12-18)15-8-6-5-7-9-15/h5-9,13-14,16-17H,4,10-12H2,1-3H3. The zero-order valence-electron chi connectivity index (χ0n) is 11.9. The minimum atomic E-state index is 0.574. The molecular weight excluding hydrogens is 220 g/mol. The van der Waals surface area contributed by atoms with Crippen LogP contribution in [0.5, 0.6) is 0 Å².